The summed E-state index contributed by atoms with van der Waals surface area (Å²) >= 11 is 0. The SMILES string of the molecule is O=CNC1CC(CCCCCOCc2ccccc2)ON1CC1CCOC1. The van der Waals surface area contributed by atoms with Crippen LogP contribution in [0.3, 0.4) is 0 Å². The highest BCUT2D eigenvalue weighted by Crippen LogP contribution is 2.26. The molecule has 3 atom stereocenters. The lowest BCUT2D eigenvalue weighted by Gasteiger charge is -2.24. The van der Waals surface area contributed by atoms with Gasteiger partial charge >= 0.3 is 0 Å². The zero-order valence-electron chi connectivity index (χ0n) is 16.1. The molecule has 1 aromatic rings. The van der Waals surface area contributed by atoms with Crippen molar-refractivity contribution < 1.29 is 19.1 Å². The van der Waals surface area contributed by atoms with Gasteiger partial charge in [0.15, 0.2) is 0 Å². The van der Waals surface area contributed by atoms with Crippen LogP contribution >= 0.6 is 0 Å². The normalized spacial score (nSPS) is 25.7. The van der Waals surface area contributed by atoms with Crippen LogP contribution < -0.4 is 5.32 Å². The Morgan fingerprint density at radius 2 is 2.11 bits per heavy atom. The second kappa shape index (κ2) is 11.4. The number of benzene rings is 1. The van der Waals surface area contributed by atoms with Gasteiger partial charge < -0.3 is 14.8 Å². The van der Waals surface area contributed by atoms with Crippen LogP contribution in [0.2, 0.25) is 0 Å². The lowest BCUT2D eigenvalue weighted by molar-refractivity contribution is -0.175. The number of hydrogen-bond acceptors (Lipinski definition) is 5. The highest BCUT2D eigenvalue weighted by Gasteiger charge is 2.34. The van der Waals surface area contributed by atoms with Crippen LogP contribution in [0.4, 0.5) is 0 Å². The Hall–Kier alpha value is -1.47. The molecule has 3 unspecified atom stereocenters. The van der Waals surface area contributed by atoms with Crippen LogP contribution in [0, 0.1) is 5.92 Å². The summed E-state index contributed by atoms with van der Waals surface area (Å²) in [7, 11) is 0. The molecule has 6 heteroatoms. The Labute approximate surface area is 162 Å². The number of carbonyl (C=O) groups is 1. The Kier molecular flexibility index (Phi) is 8.55. The minimum Gasteiger partial charge on any atom is -0.381 e. The quantitative estimate of drug-likeness (QED) is 0.449. The Bertz CT molecular complexity index is 536. The molecule has 2 saturated heterocycles. The average Bonchev–Trinajstić information content (AvgIpc) is 3.33. The van der Waals surface area contributed by atoms with Gasteiger partial charge in [-0.05, 0) is 30.7 Å². The van der Waals surface area contributed by atoms with Crippen LogP contribution in [0.5, 0.6) is 0 Å². The molecule has 2 aliphatic heterocycles. The maximum absolute atomic E-state index is 10.9. The first-order chi connectivity index (χ1) is 13.3. The summed E-state index contributed by atoms with van der Waals surface area (Å²) in [5, 5.41) is 4.85. The number of nitrogens with one attached hydrogen (secondary N) is 1. The zero-order chi connectivity index (χ0) is 18.7. The van der Waals surface area contributed by atoms with Crippen LogP contribution in [0.25, 0.3) is 0 Å². The molecule has 150 valence electrons. The van der Waals surface area contributed by atoms with Gasteiger partial charge in [0.2, 0.25) is 6.41 Å². The number of nitrogens with zero attached hydrogens (tertiary/aromatic N) is 1. The molecule has 0 radical (unpaired) electrons. The molecule has 0 spiro atoms. The standard InChI is InChI=1S/C21H32N2O4/c24-17-22-21-13-20(27-23(21)14-19-10-12-26-16-19)9-5-2-6-11-25-15-18-7-3-1-4-8-18/h1,3-4,7-8,17,19-21H,2,5-6,9-16H2,(H,22,24). The molecule has 0 bridgehead atoms. The van der Waals surface area contributed by atoms with Crippen LogP contribution in [0.15, 0.2) is 30.3 Å². The van der Waals surface area contributed by atoms with E-state index >= 15 is 0 Å². The van der Waals surface area contributed by atoms with Gasteiger partial charge in [-0.2, -0.15) is 5.06 Å². The van der Waals surface area contributed by atoms with Crippen molar-refractivity contribution in [3.8, 4) is 0 Å². The molecule has 0 saturated carbocycles. The topological polar surface area (TPSA) is 60.0 Å². The van der Waals surface area contributed by atoms with Gasteiger partial charge in [-0.15, -0.1) is 0 Å². The lowest BCUT2D eigenvalue weighted by Crippen LogP contribution is -2.42. The van der Waals surface area contributed by atoms with Gasteiger partial charge in [-0.3, -0.25) is 9.63 Å². The van der Waals surface area contributed by atoms with Crippen molar-refractivity contribution in [1.82, 2.24) is 10.4 Å². The van der Waals surface area contributed by atoms with Crippen molar-refractivity contribution in [2.75, 3.05) is 26.4 Å². The third-order valence-corrected chi connectivity index (χ3v) is 5.27. The summed E-state index contributed by atoms with van der Waals surface area (Å²) in [6.45, 7) is 3.94. The summed E-state index contributed by atoms with van der Waals surface area (Å²) in [5.41, 5.74) is 1.22. The molecule has 1 N–H and O–H groups in total. The predicted molar refractivity (Wildman–Crippen MR) is 103 cm³/mol. The highest BCUT2D eigenvalue weighted by atomic mass is 16.7. The number of amides is 1. The molecule has 2 heterocycles. The minimum atomic E-state index is -0.0118. The number of rotatable bonds is 12. The van der Waals surface area contributed by atoms with Crippen LogP contribution in [-0.2, 0) is 25.7 Å². The van der Waals surface area contributed by atoms with Gasteiger partial charge in [0, 0.05) is 26.2 Å². The third kappa shape index (κ3) is 6.88. The van der Waals surface area contributed by atoms with Crippen molar-refractivity contribution >= 4 is 6.41 Å². The molecule has 3 rings (SSSR count). The van der Waals surface area contributed by atoms with Crippen LogP contribution in [-0.4, -0.2) is 50.1 Å². The molecule has 1 aromatic carbocycles. The summed E-state index contributed by atoms with van der Waals surface area (Å²) in [4.78, 5) is 17.0. The van der Waals surface area contributed by atoms with E-state index in [1.54, 1.807) is 0 Å². The molecule has 27 heavy (non-hydrogen) atoms. The van der Waals surface area contributed by atoms with E-state index in [-0.39, 0.29) is 12.3 Å². The van der Waals surface area contributed by atoms with E-state index in [9.17, 15) is 4.79 Å². The molecule has 0 aliphatic carbocycles. The second-order valence-electron chi connectivity index (χ2n) is 7.48. The second-order valence-corrected chi connectivity index (χ2v) is 7.48. The fourth-order valence-electron chi connectivity index (χ4n) is 3.74. The van der Waals surface area contributed by atoms with Crippen molar-refractivity contribution in [3.63, 3.8) is 0 Å². The Morgan fingerprint density at radius 1 is 1.22 bits per heavy atom. The largest absolute Gasteiger partial charge is 0.381 e. The maximum Gasteiger partial charge on any atom is 0.208 e. The Balaban J connectivity index is 1.27. The number of hydrogen-bond donors (Lipinski definition) is 1. The highest BCUT2D eigenvalue weighted by molar-refractivity contribution is 5.46. The molecule has 2 aliphatic rings. The fourth-order valence-corrected chi connectivity index (χ4v) is 3.74. The van der Waals surface area contributed by atoms with E-state index in [2.05, 4.69) is 17.4 Å². The molecular weight excluding hydrogens is 344 g/mol. The van der Waals surface area contributed by atoms with Crippen molar-refractivity contribution in [2.45, 2.75) is 57.4 Å². The van der Waals surface area contributed by atoms with E-state index in [1.807, 2.05) is 23.3 Å². The van der Waals surface area contributed by atoms with E-state index in [4.69, 9.17) is 14.3 Å². The van der Waals surface area contributed by atoms with Gasteiger partial charge in [0.25, 0.3) is 0 Å². The number of ether oxygens (including phenoxy) is 2. The van der Waals surface area contributed by atoms with Gasteiger partial charge in [0.1, 0.15) is 6.17 Å². The van der Waals surface area contributed by atoms with E-state index in [1.165, 1.54) is 5.56 Å². The molecule has 1 amide bonds. The van der Waals surface area contributed by atoms with Crippen molar-refractivity contribution in [1.29, 1.82) is 0 Å². The summed E-state index contributed by atoms with van der Waals surface area (Å²) in [6, 6.07) is 10.3. The molecule has 0 aromatic heterocycles. The average molecular weight is 376 g/mol. The summed E-state index contributed by atoms with van der Waals surface area (Å²) in [5.74, 6) is 0.501. The van der Waals surface area contributed by atoms with Crippen molar-refractivity contribution in [3.05, 3.63) is 35.9 Å². The minimum absolute atomic E-state index is 0.0118. The van der Waals surface area contributed by atoms with Gasteiger partial charge in [-0.25, -0.2) is 0 Å². The van der Waals surface area contributed by atoms with E-state index < -0.39 is 0 Å². The predicted octanol–water partition coefficient (Wildman–Crippen LogP) is 2.88. The smallest absolute Gasteiger partial charge is 0.208 e. The van der Waals surface area contributed by atoms with E-state index in [0.29, 0.717) is 12.5 Å². The summed E-state index contributed by atoms with van der Waals surface area (Å²) in [6.07, 6.45) is 7.23. The number of carbonyl (C=O) groups excluding carboxylic acids is 1. The first-order valence-electron chi connectivity index (χ1n) is 10.2. The first kappa shape index (κ1) is 20.3. The van der Waals surface area contributed by atoms with Gasteiger partial charge in [-0.1, -0.05) is 43.2 Å². The lowest BCUT2D eigenvalue weighted by atomic mass is 10.1. The molecule has 6 nitrogen and oxygen atoms in total. The monoisotopic (exact) mass is 376 g/mol. The number of hydroxylamine groups is 2. The van der Waals surface area contributed by atoms with Crippen molar-refractivity contribution in [2.24, 2.45) is 5.92 Å². The Morgan fingerprint density at radius 3 is 2.89 bits per heavy atom. The maximum atomic E-state index is 10.9. The zero-order valence-corrected chi connectivity index (χ0v) is 16.1. The molecule has 2 fully saturated rings. The summed E-state index contributed by atoms with van der Waals surface area (Å²) < 4.78 is 11.2. The fraction of sp³-hybridized carbons (Fsp3) is 0.667. The van der Waals surface area contributed by atoms with E-state index in [0.717, 1.165) is 71.3 Å². The number of unbranched alkanes of at least 4 members (excludes halogenated alkanes) is 2. The van der Waals surface area contributed by atoms with Crippen LogP contribution in [0.1, 0.15) is 44.1 Å². The molecular formula is C21H32N2O4. The third-order valence-electron chi connectivity index (χ3n) is 5.27. The van der Waals surface area contributed by atoms with Gasteiger partial charge in [0.05, 0.1) is 19.3 Å². The first-order valence-corrected chi connectivity index (χ1v) is 10.2.